The molecule has 5 nitrogen and oxygen atoms in total. The number of aryl methyl sites for hydroxylation is 1. The van der Waals surface area contributed by atoms with E-state index in [0.717, 1.165) is 21.4 Å². The highest BCUT2D eigenvalue weighted by Gasteiger charge is 2.19. The number of hydrogen-bond acceptors (Lipinski definition) is 3. The lowest BCUT2D eigenvalue weighted by molar-refractivity contribution is 0.0940. The van der Waals surface area contributed by atoms with Gasteiger partial charge in [0, 0.05) is 22.8 Å². The third-order valence-corrected chi connectivity index (χ3v) is 4.05. The Balaban J connectivity index is 2.25. The zero-order valence-corrected chi connectivity index (χ0v) is 14.6. The van der Waals surface area contributed by atoms with Crippen LogP contribution in [-0.2, 0) is 6.54 Å². The molecule has 1 atom stereocenters. The highest BCUT2D eigenvalue weighted by atomic mass is 79.9. The van der Waals surface area contributed by atoms with Gasteiger partial charge in [0.2, 0.25) is 0 Å². The van der Waals surface area contributed by atoms with Crippen molar-refractivity contribution < 1.29 is 4.79 Å². The van der Waals surface area contributed by atoms with Gasteiger partial charge in [-0.25, -0.2) is 0 Å². The van der Waals surface area contributed by atoms with Crippen LogP contribution in [0.3, 0.4) is 0 Å². The Kier molecular flexibility index (Phi) is 5.37. The Morgan fingerprint density at radius 1 is 1.45 bits per heavy atom. The maximum absolute atomic E-state index is 12.3. The first-order valence-electron chi connectivity index (χ1n) is 7.21. The van der Waals surface area contributed by atoms with Crippen LogP contribution < -0.4 is 11.1 Å². The number of nitrogens with two attached hydrogens (primary N) is 1. The van der Waals surface area contributed by atoms with Gasteiger partial charge < -0.3 is 11.1 Å². The van der Waals surface area contributed by atoms with Gasteiger partial charge in [-0.1, -0.05) is 28.1 Å². The quantitative estimate of drug-likeness (QED) is 0.855. The minimum atomic E-state index is -0.117. The average Bonchev–Trinajstić information content (AvgIpc) is 2.73. The Hall–Kier alpha value is -1.66. The van der Waals surface area contributed by atoms with Gasteiger partial charge in [-0.15, -0.1) is 0 Å². The molecule has 1 aromatic heterocycles. The fourth-order valence-corrected chi connectivity index (χ4v) is 2.79. The molecule has 0 radical (unpaired) electrons. The Labute approximate surface area is 139 Å². The van der Waals surface area contributed by atoms with Crippen LogP contribution in [0.15, 0.2) is 28.7 Å². The fourth-order valence-electron chi connectivity index (χ4n) is 2.34. The second kappa shape index (κ2) is 7.07. The summed E-state index contributed by atoms with van der Waals surface area (Å²) in [7, 11) is 0. The van der Waals surface area contributed by atoms with Crippen molar-refractivity contribution in [2.45, 2.75) is 33.4 Å². The summed E-state index contributed by atoms with van der Waals surface area (Å²) in [4.78, 5) is 12.3. The zero-order valence-electron chi connectivity index (χ0n) is 13.1. The van der Waals surface area contributed by atoms with Crippen LogP contribution in [0, 0.1) is 13.8 Å². The van der Waals surface area contributed by atoms with Crippen LogP contribution in [0.4, 0.5) is 0 Å². The van der Waals surface area contributed by atoms with Crippen LogP contribution in [0.1, 0.15) is 34.2 Å². The smallest absolute Gasteiger partial charge is 0.255 e. The summed E-state index contributed by atoms with van der Waals surface area (Å²) in [6.07, 6.45) is 0. The minimum absolute atomic E-state index is 0.0558. The number of carbonyl (C=O) groups excluding carboxylic acids is 1. The Bertz CT molecular complexity index is 681. The van der Waals surface area contributed by atoms with E-state index < -0.39 is 0 Å². The van der Waals surface area contributed by atoms with Crippen molar-refractivity contribution in [2.75, 3.05) is 6.54 Å². The zero-order chi connectivity index (χ0) is 16.3. The van der Waals surface area contributed by atoms with Gasteiger partial charge >= 0.3 is 0 Å². The molecule has 2 rings (SSSR count). The fraction of sp³-hybridized carbons (Fsp3) is 0.375. The molecule has 1 heterocycles. The molecule has 0 bridgehead atoms. The van der Waals surface area contributed by atoms with Crippen molar-refractivity contribution in [1.29, 1.82) is 0 Å². The van der Waals surface area contributed by atoms with E-state index in [1.165, 1.54) is 0 Å². The number of halogens is 1. The van der Waals surface area contributed by atoms with Crippen molar-refractivity contribution in [3.05, 3.63) is 51.3 Å². The first-order valence-corrected chi connectivity index (χ1v) is 8.01. The second-order valence-corrected chi connectivity index (χ2v) is 6.36. The summed E-state index contributed by atoms with van der Waals surface area (Å²) in [5.74, 6) is -0.117. The monoisotopic (exact) mass is 364 g/mol. The number of nitrogens with one attached hydrogen (secondary N) is 1. The lowest BCUT2D eigenvalue weighted by atomic mass is 10.1. The number of carbonyl (C=O) groups is 1. The summed E-state index contributed by atoms with van der Waals surface area (Å²) in [6, 6.07) is 8.00. The molecule has 0 aliphatic rings. The highest BCUT2D eigenvalue weighted by molar-refractivity contribution is 9.10. The summed E-state index contributed by atoms with van der Waals surface area (Å²) >= 11 is 3.47. The topological polar surface area (TPSA) is 72.9 Å². The number of rotatable bonds is 5. The van der Waals surface area contributed by atoms with Gasteiger partial charge in [0.15, 0.2) is 0 Å². The van der Waals surface area contributed by atoms with Crippen LogP contribution in [0.25, 0.3) is 0 Å². The van der Waals surface area contributed by atoms with E-state index in [-0.39, 0.29) is 11.9 Å². The molecule has 1 aromatic carbocycles. The Morgan fingerprint density at radius 3 is 2.82 bits per heavy atom. The molecule has 1 amide bonds. The minimum Gasteiger partial charge on any atom is -0.348 e. The number of aromatic nitrogens is 2. The predicted octanol–water partition coefficient (Wildman–Crippen LogP) is 2.39. The summed E-state index contributed by atoms with van der Waals surface area (Å²) in [5.41, 5.74) is 8.91. The molecule has 0 saturated carbocycles. The van der Waals surface area contributed by atoms with E-state index in [9.17, 15) is 4.79 Å². The largest absolute Gasteiger partial charge is 0.348 e. The van der Waals surface area contributed by atoms with Gasteiger partial charge in [-0.05, 0) is 38.5 Å². The SMILES string of the molecule is Cc1nn(Cc2cccc(Br)c2)c(C)c1C(=O)N[C@@H](C)CN. The van der Waals surface area contributed by atoms with E-state index >= 15 is 0 Å². The third kappa shape index (κ3) is 3.75. The van der Waals surface area contributed by atoms with E-state index in [2.05, 4.69) is 26.3 Å². The molecule has 2 aromatic rings. The molecule has 0 unspecified atom stereocenters. The maximum atomic E-state index is 12.3. The third-order valence-electron chi connectivity index (χ3n) is 3.56. The van der Waals surface area contributed by atoms with Gasteiger partial charge in [-0.3, -0.25) is 9.48 Å². The van der Waals surface area contributed by atoms with Crippen molar-refractivity contribution in [3.8, 4) is 0 Å². The van der Waals surface area contributed by atoms with Gasteiger partial charge in [0.25, 0.3) is 5.91 Å². The molecule has 0 spiro atoms. The first kappa shape index (κ1) is 16.7. The first-order chi connectivity index (χ1) is 10.4. The summed E-state index contributed by atoms with van der Waals surface area (Å²) in [6.45, 7) is 6.70. The van der Waals surface area contributed by atoms with Gasteiger partial charge in [-0.2, -0.15) is 5.10 Å². The van der Waals surface area contributed by atoms with Crippen LogP contribution >= 0.6 is 15.9 Å². The highest BCUT2D eigenvalue weighted by Crippen LogP contribution is 2.17. The van der Waals surface area contributed by atoms with Crippen molar-refractivity contribution in [3.63, 3.8) is 0 Å². The molecule has 22 heavy (non-hydrogen) atoms. The van der Waals surface area contributed by atoms with E-state index in [4.69, 9.17) is 5.73 Å². The lowest BCUT2D eigenvalue weighted by Gasteiger charge is -2.11. The van der Waals surface area contributed by atoms with Gasteiger partial charge in [0.1, 0.15) is 0 Å². The number of benzene rings is 1. The van der Waals surface area contributed by atoms with Crippen molar-refractivity contribution in [2.24, 2.45) is 5.73 Å². The van der Waals surface area contributed by atoms with Crippen LogP contribution in [-0.4, -0.2) is 28.3 Å². The normalized spacial score (nSPS) is 12.2. The molecular formula is C16H21BrN4O. The summed E-state index contributed by atoms with van der Waals surface area (Å²) in [5, 5.41) is 7.39. The molecule has 3 N–H and O–H groups in total. The second-order valence-electron chi connectivity index (χ2n) is 5.44. The average molecular weight is 365 g/mol. The summed E-state index contributed by atoms with van der Waals surface area (Å²) < 4.78 is 2.89. The molecule has 0 saturated heterocycles. The standard InChI is InChI=1S/C16H21BrN4O/c1-10(8-18)19-16(22)15-11(2)20-21(12(15)3)9-13-5-4-6-14(17)7-13/h4-7,10H,8-9,18H2,1-3H3,(H,19,22)/t10-/m0/s1. The predicted molar refractivity (Wildman–Crippen MR) is 90.9 cm³/mol. The molecule has 0 aliphatic carbocycles. The number of nitrogens with zero attached hydrogens (tertiary/aromatic N) is 2. The number of hydrogen-bond donors (Lipinski definition) is 2. The molecule has 0 fully saturated rings. The molecular weight excluding hydrogens is 344 g/mol. The molecule has 118 valence electrons. The van der Waals surface area contributed by atoms with Crippen molar-refractivity contribution >= 4 is 21.8 Å². The number of amides is 1. The van der Waals surface area contributed by atoms with E-state index in [1.54, 1.807) is 0 Å². The van der Waals surface area contributed by atoms with Gasteiger partial charge in [0.05, 0.1) is 17.8 Å². The Morgan fingerprint density at radius 2 is 2.18 bits per heavy atom. The lowest BCUT2D eigenvalue weighted by Crippen LogP contribution is -2.38. The van der Waals surface area contributed by atoms with E-state index in [0.29, 0.717) is 18.7 Å². The van der Waals surface area contributed by atoms with Crippen LogP contribution in [0.5, 0.6) is 0 Å². The van der Waals surface area contributed by atoms with Crippen LogP contribution in [0.2, 0.25) is 0 Å². The van der Waals surface area contributed by atoms with E-state index in [1.807, 2.05) is 49.7 Å². The molecule has 0 aliphatic heterocycles. The molecule has 6 heteroatoms. The maximum Gasteiger partial charge on any atom is 0.255 e. The van der Waals surface area contributed by atoms with Crippen molar-refractivity contribution in [1.82, 2.24) is 15.1 Å².